The molecule has 0 aromatic rings. The topological polar surface area (TPSA) is 0 Å². The second kappa shape index (κ2) is 7.39. The summed E-state index contributed by atoms with van der Waals surface area (Å²) in [5.41, 5.74) is 0. The molecule has 0 unspecified atom stereocenters. The van der Waals surface area contributed by atoms with E-state index in [1.807, 2.05) is 11.8 Å². The zero-order valence-electron chi connectivity index (χ0n) is 9.56. The highest BCUT2D eigenvalue weighted by Gasteiger charge is 2.12. The Hall–Kier alpha value is 0.0900. The van der Waals surface area contributed by atoms with Gasteiger partial charge in [-0.3, -0.25) is 0 Å². The van der Waals surface area contributed by atoms with E-state index in [1.54, 1.807) is 0 Å². The fourth-order valence-corrected chi connectivity index (χ4v) is 2.47. The maximum atomic E-state index is 3.90. The predicted molar refractivity (Wildman–Crippen MR) is 67.7 cm³/mol. The van der Waals surface area contributed by atoms with Crippen molar-refractivity contribution in [2.24, 2.45) is 5.92 Å². The minimum Gasteiger partial charge on any atom is -0.131 e. The van der Waals surface area contributed by atoms with Gasteiger partial charge in [0.1, 0.15) is 0 Å². The summed E-state index contributed by atoms with van der Waals surface area (Å²) in [5.74, 6) is 2.31. The van der Waals surface area contributed by atoms with Gasteiger partial charge in [-0.05, 0) is 30.6 Å². The van der Waals surface area contributed by atoms with Gasteiger partial charge in [-0.1, -0.05) is 45.1 Å². The molecule has 0 bridgehead atoms. The standard InChI is InChI=1S/C10H18S.C3H6/c1-9(2)11-8-10-6-4-3-5-7-10;1-2-3-1/h10H,1,3-8H2,2H3;1-3H2. The molecule has 82 valence electrons. The van der Waals surface area contributed by atoms with Gasteiger partial charge in [-0.15, -0.1) is 11.8 Å². The second-order valence-electron chi connectivity index (χ2n) is 4.58. The van der Waals surface area contributed by atoms with Crippen molar-refractivity contribution in [1.29, 1.82) is 0 Å². The molecule has 0 N–H and O–H groups in total. The highest BCUT2D eigenvalue weighted by atomic mass is 32.2. The molecule has 0 atom stereocenters. The molecule has 2 rings (SSSR count). The molecule has 2 aliphatic carbocycles. The summed E-state index contributed by atoms with van der Waals surface area (Å²) in [6.45, 7) is 6.01. The van der Waals surface area contributed by atoms with Gasteiger partial charge in [0.05, 0.1) is 0 Å². The second-order valence-corrected chi connectivity index (χ2v) is 5.90. The van der Waals surface area contributed by atoms with E-state index < -0.39 is 0 Å². The quantitative estimate of drug-likeness (QED) is 0.634. The van der Waals surface area contributed by atoms with Gasteiger partial charge in [0.25, 0.3) is 0 Å². The smallest absolute Gasteiger partial charge is 0.000484 e. The van der Waals surface area contributed by atoms with Crippen LogP contribution in [0.25, 0.3) is 0 Å². The van der Waals surface area contributed by atoms with Crippen molar-refractivity contribution in [1.82, 2.24) is 0 Å². The van der Waals surface area contributed by atoms with Crippen molar-refractivity contribution in [3.8, 4) is 0 Å². The third-order valence-corrected chi connectivity index (χ3v) is 3.77. The van der Waals surface area contributed by atoms with E-state index in [4.69, 9.17) is 0 Å². The van der Waals surface area contributed by atoms with Crippen LogP contribution in [0.15, 0.2) is 11.5 Å². The first-order chi connectivity index (χ1) is 6.79. The van der Waals surface area contributed by atoms with Crippen LogP contribution < -0.4 is 0 Å². The van der Waals surface area contributed by atoms with Crippen LogP contribution in [0.1, 0.15) is 58.3 Å². The predicted octanol–water partition coefficient (Wildman–Crippen LogP) is 5.00. The summed E-state index contributed by atoms with van der Waals surface area (Å²) >= 11 is 1.94. The fraction of sp³-hybridized carbons (Fsp3) is 0.846. The summed E-state index contributed by atoms with van der Waals surface area (Å²) in [5, 5.41) is 0. The van der Waals surface area contributed by atoms with E-state index in [1.165, 1.54) is 62.0 Å². The lowest BCUT2D eigenvalue weighted by Gasteiger charge is -2.20. The molecule has 0 saturated heterocycles. The molecular formula is C13H24S. The summed E-state index contributed by atoms with van der Waals surface area (Å²) in [6, 6.07) is 0. The monoisotopic (exact) mass is 212 g/mol. The van der Waals surface area contributed by atoms with Gasteiger partial charge in [0.15, 0.2) is 0 Å². The fourth-order valence-electron chi connectivity index (χ4n) is 1.61. The Bertz CT molecular complexity index is 152. The van der Waals surface area contributed by atoms with E-state index in [-0.39, 0.29) is 0 Å². The zero-order valence-corrected chi connectivity index (χ0v) is 10.4. The first kappa shape index (κ1) is 12.2. The normalized spacial score (nSPS) is 20.9. The summed E-state index contributed by atoms with van der Waals surface area (Å²) in [7, 11) is 0. The van der Waals surface area contributed by atoms with Gasteiger partial charge >= 0.3 is 0 Å². The Kier molecular flexibility index (Phi) is 6.42. The van der Waals surface area contributed by atoms with Crippen molar-refractivity contribution >= 4 is 11.8 Å². The maximum Gasteiger partial charge on any atom is 0.000484 e. The molecule has 2 saturated carbocycles. The van der Waals surface area contributed by atoms with Gasteiger partial charge in [0.2, 0.25) is 0 Å². The van der Waals surface area contributed by atoms with Crippen LogP contribution in [0.4, 0.5) is 0 Å². The molecule has 1 heteroatoms. The molecule has 0 spiro atoms. The molecule has 0 radical (unpaired) electrons. The molecule has 0 aliphatic heterocycles. The van der Waals surface area contributed by atoms with Crippen molar-refractivity contribution in [3.63, 3.8) is 0 Å². The van der Waals surface area contributed by atoms with E-state index in [0.717, 1.165) is 5.92 Å². The minimum atomic E-state index is 0.991. The first-order valence-corrected chi connectivity index (χ1v) is 7.06. The lowest BCUT2D eigenvalue weighted by atomic mass is 9.91. The molecule has 14 heavy (non-hydrogen) atoms. The van der Waals surface area contributed by atoms with Gasteiger partial charge in [0, 0.05) is 5.75 Å². The number of rotatable bonds is 3. The summed E-state index contributed by atoms with van der Waals surface area (Å²) in [4.78, 5) is 1.27. The van der Waals surface area contributed by atoms with Gasteiger partial charge in [-0.25, -0.2) is 0 Å². The van der Waals surface area contributed by atoms with E-state index in [2.05, 4.69) is 13.5 Å². The maximum absolute atomic E-state index is 3.90. The largest absolute Gasteiger partial charge is 0.131 e. The van der Waals surface area contributed by atoms with Crippen LogP contribution in [0, 0.1) is 5.92 Å². The molecule has 0 amide bonds. The number of thioether (sulfide) groups is 1. The molecular weight excluding hydrogens is 188 g/mol. The lowest BCUT2D eigenvalue weighted by Crippen LogP contribution is -2.08. The van der Waals surface area contributed by atoms with Crippen molar-refractivity contribution < 1.29 is 0 Å². The molecule has 2 aliphatic rings. The Labute approximate surface area is 93.5 Å². The van der Waals surface area contributed by atoms with Crippen LogP contribution in [-0.2, 0) is 0 Å². The summed E-state index contributed by atoms with van der Waals surface area (Å²) < 4.78 is 0. The molecule has 0 aromatic heterocycles. The van der Waals surface area contributed by atoms with Crippen LogP contribution in [0.2, 0.25) is 0 Å². The Morgan fingerprint density at radius 3 is 2.00 bits per heavy atom. The average Bonchev–Trinajstić information content (AvgIpc) is 3.03. The number of hydrogen-bond acceptors (Lipinski definition) is 1. The lowest BCUT2D eigenvalue weighted by molar-refractivity contribution is 0.391. The zero-order chi connectivity index (χ0) is 10.2. The van der Waals surface area contributed by atoms with Crippen LogP contribution in [0.3, 0.4) is 0 Å². The van der Waals surface area contributed by atoms with Gasteiger partial charge < -0.3 is 0 Å². The SMILES string of the molecule is C1CC1.C=C(C)SCC1CCCCC1. The van der Waals surface area contributed by atoms with Gasteiger partial charge in [-0.2, -0.15) is 0 Å². The molecule has 0 nitrogen and oxygen atoms in total. The Morgan fingerprint density at radius 1 is 1.07 bits per heavy atom. The van der Waals surface area contributed by atoms with E-state index in [9.17, 15) is 0 Å². The van der Waals surface area contributed by atoms with Crippen LogP contribution in [0.5, 0.6) is 0 Å². The molecule has 0 aromatic carbocycles. The Balaban J connectivity index is 0.000000276. The number of allylic oxidation sites excluding steroid dienone is 1. The van der Waals surface area contributed by atoms with E-state index in [0.29, 0.717) is 0 Å². The van der Waals surface area contributed by atoms with Crippen molar-refractivity contribution in [2.75, 3.05) is 5.75 Å². The van der Waals surface area contributed by atoms with Crippen molar-refractivity contribution in [3.05, 3.63) is 11.5 Å². The van der Waals surface area contributed by atoms with E-state index >= 15 is 0 Å². The average molecular weight is 212 g/mol. The molecule has 0 heterocycles. The first-order valence-electron chi connectivity index (χ1n) is 6.07. The Morgan fingerprint density at radius 2 is 1.57 bits per heavy atom. The minimum absolute atomic E-state index is 0.991. The van der Waals surface area contributed by atoms with Crippen LogP contribution in [-0.4, -0.2) is 5.75 Å². The highest BCUT2D eigenvalue weighted by molar-refractivity contribution is 8.03. The van der Waals surface area contributed by atoms with Crippen LogP contribution >= 0.6 is 11.8 Å². The third kappa shape index (κ3) is 7.49. The van der Waals surface area contributed by atoms with Crippen molar-refractivity contribution in [2.45, 2.75) is 58.3 Å². The number of hydrogen-bond donors (Lipinski definition) is 0. The highest BCUT2D eigenvalue weighted by Crippen LogP contribution is 2.28. The third-order valence-electron chi connectivity index (χ3n) is 2.64. The molecule has 2 fully saturated rings. The summed E-state index contributed by atoms with van der Waals surface area (Å²) in [6.07, 6.45) is 11.8.